The highest BCUT2D eigenvalue weighted by molar-refractivity contribution is 6.28. The van der Waals surface area contributed by atoms with Gasteiger partial charge >= 0.3 is 0 Å². The fourth-order valence-corrected chi connectivity index (χ4v) is 1.43. The molecule has 1 atom stereocenters. The number of halogens is 1. The third kappa shape index (κ3) is 5.06. The van der Waals surface area contributed by atoms with Crippen molar-refractivity contribution in [1.82, 2.24) is 20.2 Å². The van der Waals surface area contributed by atoms with Crippen LogP contribution in [-0.4, -0.2) is 41.5 Å². The summed E-state index contributed by atoms with van der Waals surface area (Å²) in [6.07, 6.45) is 3.48. The van der Waals surface area contributed by atoms with Gasteiger partial charge in [-0.05, 0) is 32.6 Å². The van der Waals surface area contributed by atoms with E-state index in [9.17, 15) is 0 Å². The predicted octanol–water partition coefficient (Wildman–Crippen LogP) is 1.17. The van der Waals surface area contributed by atoms with Crippen LogP contribution in [0.2, 0.25) is 5.28 Å². The van der Waals surface area contributed by atoms with E-state index in [1.807, 2.05) is 0 Å². The van der Waals surface area contributed by atoms with Crippen molar-refractivity contribution in [3.8, 4) is 0 Å². The largest absolute Gasteiger partial charge is 0.309 e. The van der Waals surface area contributed by atoms with Gasteiger partial charge in [0.25, 0.3) is 0 Å². The van der Waals surface area contributed by atoms with Crippen molar-refractivity contribution in [1.29, 1.82) is 0 Å². The average Bonchev–Trinajstić information content (AvgIpc) is 2.16. The molecule has 0 spiro atoms. The molecule has 0 saturated carbocycles. The second-order valence-electron chi connectivity index (χ2n) is 3.90. The van der Waals surface area contributed by atoms with Crippen LogP contribution in [0.4, 0.5) is 0 Å². The van der Waals surface area contributed by atoms with E-state index >= 15 is 0 Å². The summed E-state index contributed by atoms with van der Waals surface area (Å²) < 4.78 is 0. The van der Waals surface area contributed by atoms with Crippen LogP contribution in [0.25, 0.3) is 0 Å². The molecule has 84 valence electrons. The summed E-state index contributed by atoms with van der Waals surface area (Å²) in [5, 5.41) is 3.68. The van der Waals surface area contributed by atoms with Gasteiger partial charge in [0, 0.05) is 37.1 Å². The first-order valence-corrected chi connectivity index (χ1v) is 5.30. The van der Waals surface area contributed by atoms with E-state index in [4.69, 9.17) is 11.6 Å². The minimum atomic E-state index is 0.292. The number of likely N-dealkylation sites (N-methyl/N-ethyl adjacent to an activating group) is 1. The third-order valence-corrected chi connectivity index (χ3v) is 2.16. The van der Waals surface area contributed by atoms with E-state index in [1.165, 1.54) is 0 Å². The molecule has 1 heterocycles. The van der Waals surface area contributed by atoms with Gasteiger partial charge in [-0.25, -0.2) is 9.97 Å². The first kappa shape index (κ1) is 12.4. The van der Waals surface area contributed by atoms with Gasteiger partial charge in [-0.3, -0.25) is 0 Å². The van der Waals surface area contributed by atoms with Gasteiger partial charge in [0.05, 0.1) is 0 Å². The lowest BCUT2D eigenvalue weighted by Crippen LogP contribution is -2.35. The van der Waals surface area contributed by atoms with Gasteiger partial charge in [0.15, 0.2) is 0 Å². The number of rotatable bonds is 5. The van der Waals surface area contributed by atoms with Crippen molar-refractivity contribution in [2.45, 2.75) is 19.5 Å². The van der Waals surface area contributed by atoms with Gasteiger partial charge < -0.3 is 10.2 Å². The van der Waals surface area contributed by atoms with Crippen LogP contribution < -0.4 is 5.32 Å². The van der Waals surface area contributed by atoms with Gasteiger partial charge in [0.1, 0.15) is 0 Å². The van der Waals surface area contributed by atoms with Crippen LogP contribution in [0.15, 0.2) is 12.4 Å². The standard InChI is InChI=1S/C10H17ClN4/c1-8(7-15(2)3)12-4-9-5-13-10(11)14-6-9/h5-6,8,12H,4,7H2,1-3H3. The zero-order chi connectivity index (χ0) is 11.3. The zero-order valence-corrected chi connectivity index (χ0v) is 10.1. The highest BCUT2D eigenvalue weighted by Gasteiger charge is 2.03. The van der Waals surface area contributed by atoms with E-state index in [0.29, 0.717) is 11.3 Å². The summed E-state index contributed by atoms with van der Waals surface area (Å²) in [7, 11) is 4.12. The molecule has 0 radical (unpaired) electrons. The molecule has 0 saturated heterocycles. The Morgan fingerprint density at radius 2 is 2.00 bits per heavy atom. The molecule has 4 nitrogen and oxygen atoms in total. The first-order chi connectivity index (χ1) is 7.08. The Kier molecular flexibility index (Phi) is 4.94. The van der Waals surface area contributed by atoms with E-state index in [1.54, 1.807) is 12.4 Å². The lowest BCUT2D eigenvalue weighted by Gasteiger charge is -2.18. The van der Waals surface area contributed by atoms with Crippen molar-refractivity contribution in [3.05, 3.63) is 23.2 Å². The normalized spacial score (nSPS) is 13.1. The monoisotopic (exact) mass is 228 g/mol. The third-order valence-electron chi connectivity index (χ3n) is 1.97. The summed E-state index contributed by atoms with van der Waals surface area (Å²) in [5.41, 5.74) is 1.05. The molecule has 0 amide bonds. The number of hydrogen-bond acceptors (Lipinski definition) is 4. The summed E-state index contributed by atoms with van der Waals surface area (Å²) in [4.78, 5) is 9.99. The zero-order valence-electron chi connectivity index (χ0n) is 9.37. The molecule has 0 aliphatic carbocycles. The molecule has 1 aromatic heterocycles. The lowest BCUT2D eigenvalue weighted by molar-refractivity contribution is 0.349. The summed E-state index contributed by atoms with van der Waals surface area (Å²) >= 11 is 5.59. The Morgan fingerprint density at radius 3 is 2.53 bits per heavy atom. The van der Waals surface area contributed by atoms with Crippen LogP contribution in [0.5, 0.6) is 0 Å². The fourth-order valence-electron chi connectivity index (χ4n) is 1.33. The van der Waals surface area contributed by atoms with Gasteiger partial charge in [-0.15, -0.1) is 0 Å². The van der Waals surface area contributed by atoms with Crippen molar-refractivity contribution < 1.29 is 0 Å². The summed E-state index contributed by atoms with van der Waals surface area (Å²) in [5.74, 6) is 0. The van der Waals surface area contributed by atoms with Crippen LogP contribution >= 0.6 is 11.6 Å². The maximum atomic E-state index is 5.59. The molecule has 0 fully saturated rings. The van der Waals surface area contributed by atoms with Crippen LogP contribution in [0, 0.1) is 0 Å². The minimum Gasteiger partial charge on any atom is -0.309 e. The summed E-state index contributed by atoms with van der Waals surface area (Å²) in [6, 6.07) is 0.440. The number of nitrogens with one attached hydrogen (secondary N) is 1. The van der Waals surface area contributed by atoms with E-state index < -0.39 is 0 Å². The molecular weight excluding hydrogens is 212 g/mol. The van der Waals surface area contributed by atoms with E-state index in [2.05, 4.69) is 41.2 Å². The molecule has 1 unspecified atom stereocenters. The van der Waals surface area contributed by atoms with Crippen molar-refractivity contribution >= 4 is 11.6 Å². The fraction of sp³-hybridized carbons (Fsp3) is 0.600. The minimum absolute atomic E-state index is 0.292. The summed E-state index contributed by atoms with van der Waals surface area (Å²) in [6.45, 7) is 3.93. The molecule has 0 bridgehead atoms. The van der Waals surface area contributed by atoms with Gasteiger partial charge in [-0.2, -0.15) is 0 Å². The van der Waals surface area contributed by atoms with Gasteiger partial charge in [0.2, 0.25) is 5.28 Å². The Labute approximate surface area is 95.7 Å². The molecule has 0 aliphatic heterocycles. The van der Waals surface area contributed by atoms with Crippen LogP contribution in [-0.2, 0) is 6.54 Å². The predicted molar refractivity (Wildman–Crippen MR) is 61.9 cm³/mol. The topological polar surface area (TPSA) is 41.0 Å². The molecule has 0 aliphatic rings. The second kappa shape index (κ2) is 6.00. The number of nitrogens with zero attached hydrogens (tertiary/aromatic N) is 3. The quantitative estimate of drug-likeness (QED) is 0.769. The molecular formula is C10H17ClN4. The van der Waals surface area contributed by atoms with E-state index in [0.717, 1.165) is 18.7 Å². The highest BCUT2D eigenvalue weighted by Crippen LogP contribution is 2.00. The van der Waals surface area contributed by atoms with Gasteiger partial charge in [-0.1, -0.05) is 0 Å². The maximum absolute atomic E-state index is 5.59. The first-order valence-electron chi connectivity index (χ1n) is 4.92. The smallest absolute Gasteiger partial charge is 0.222 e. The Bertz CT molecular complexity index is 286. The number of hydrogen-bond donors (Lipinski definition) is 1. The SMILES string of the molecule is CC(CN(C)C)NCc1cnc(Cl)nc1. The maximum Gasteiger partial charge on any atom is 0.222 e. The highest BCUT2D eigenvalue weighted by atomic mass is 35.5. The molecule has 15 heavy (non-hydrogen) atoms. The molecule has 1 rings (SSSR count). The van der Waals surface area contributed by atoms with Crippen LogP contribution in [0.1, 0.15) is 12.5 Å². The Balaban J connectivity index is 2.33. The second-order valence-corrected chi connectivity index (χ2v) is 4.24. The van der Waals surface area contributed by atoms with E-state index in [-0.39, 0.29) is 0 Å². The van der Waals surface area contributed by atoms with Crippen LogP contribution in [0.3, 0.4) is 0 Å². The molecule has 1 aromatic rings. The van der Waals surface area contributed by atoms with Crippen molar-refractivity contribution in [3.63, 3.8) is 0 Å². The number of aromatic nitrogens is 2. The molecule has 1 N–H and O–H groups in total. The Morgan fingerprint density at radius 1 is 1.40 bits per heavy atom. The Hall–Kier alpha value is -0.710. The average molecular weight is 229 g/mol. The molecule has 5 heteroatoms. The molecule has 0 aromatic carbocycles. The van der Waals surface area contributed by atoms with Crippen molar-refractivity contribution in [2.24, 2.45) is 0 Å². The lowest BCUT2D eigenvalue weighted by atomic mass is 10.3. The van der Waals surface area contributed by atoms with Crippen molar-refractivity contribution in [2.75, 3.05) is 20.6 Å².